The molecular formula is C20H24ClN5O5. The summed E-state index contributed by atoms with van der Waals surface area (Å²) in [5, 5.41) is -0.0381. The molecule has 0 aliphatic carbocycles. The molecule has 0 saturated carbocycles. The number of aromatic nitrogens is 4. The van der Waals surface area contributed by atoms with Gasteiger partial charge in [0, 0.05) is 27.2 Å². The van der Waals surface area contributed by atoms with Gasteiger partial charge < -0.3 is 14.4 Å². The van der Waals surface area contributed by atoms with Crippen molar-refractivity contribution >= 4 is 28.7 Å². The van der Waals surface area contributed by atoms with Gasteiger partial charge in [0.2, 0.25) is 11.2 Å². The van der Waals surface area contributed by atoms with Crippen LogP contribution in [0.15, 0.2) is 27.8 Å². The van der Waals surface area contributed by atoms with Gasteiger partial charge in [-0.2, -0.15) is 4.98 Å². The Hall–Kier alpha value is -3.27. The Morgan fingerprint density at radius 3 is 2.42 bits per heavy atom. The molecule has 2 heterocycles. The van der Waals surface area contributed by atoms with Crippen LogP contribution in [0.25, 0.3) is 11.2 Å². The number of fused-ring (bicyclic) bond motifs is 1. The van der Waals surface area contributed by atoms with Crippen LogP contribution in [0.3, 0.4) is 0 Å². The number of benzene rings is 1. The number of rotatable bonds is 7. The first kappa shape index (κ1) is 22.4. The predicted octanol–water partition coefficient (Wildman–Crippen LogP) is 1.15. The lowest BCUT2D eigenvalue weighted by molar-refractivity contribution is -0.132. The van der Waals surface area contributed by atoms with Crippen molar-refractivity contribution < 1.29 is 14.3 Å². The third kappa shape index (κ3) is 4.02. The number of carbonyl (C=O) groups excluding carboxylic acids is 1. The second-order valence-electron chi connectivity index (χ2n) is 6.94. The number of imidazole rings is 1. The minimum absolute atomic E-state index is 0.0381. The first-order valence-corrected chi connectivity index (χ1v) is 9.91. The molecule has 2 aromatic heterocycles. The van der Waals surface area contributed by atoms with E-state index in [-0.39, 0.29) is 28.9 Å². The molecule has 1 amide bonds. The molecule has 0 bridgehead atoms. The van der Waals surface area contributed by atoms with Crippen LogP contribution >= 0.6 is 11.6 Å². The molecule has 0 aliphatic rings. The molecule has 3 aromatic rings. The second kappa shape index (κ2) is 8.84. The lowest BCUT2D eigenvalue weighted by Gasteiger charge is -2.22. The smallest absolute Gasteiger partial charge is 0.332 e. The highest BCUT2D eigenvalue weighted by molar-refractivity contribution is 6.29. The average Bonchev–Trinajstić information content (AvgIpc) is 3.10. The third-order valence-electron chi connectivity index (χ3n) is 5.15. The molecule has 3 rings (SSSR count). The zero-order valence-corrected chi connectivity index (χ0v) is 18.8. The van der Waals surface area contributed by atoms with E-state index in [1.807, 2.05) is 13.0 Å². The van der Waals surface area contributed by atoms with Crippen LogP contribution < -0.4 is 20.7 Å². The molecule has 0 radical (unpaired) electrons. The number of halogens is 1. The second-order valence-corrected chi connectivity index (χ2v) is 7.28. The van der Waals surface area contributed by atoms with Crippen molar-refractivity contribution in [2.24, 2.45) is 14.1 Å². The number of likely N-dealkylation sites (N-methyl/N-ethyl adjacent to an activating group) is 1. The fourth-order valence-corrected chi connectivity index (χ4v) is 3.60. The summed E-state index contributed by atoms with van der Waals surface area (Å²) >= 11 is 6.23. The monoisotopic (exact) mass is 449 g/mol. The van der Waals surface area contributed by atoms with Gasteiger partial charge in [0.15, 0.2) is 22.7 Å². The largest absolute Gasteiger partial charge is 0.493 e. The highest BCUT2D eigenvalue weighted by Gasteiger charge is 2.22. The first-order valence-electron chi connectivity index (χ1n) is 9.53. The quantitative estimate of drug-likeness (QED) is 0.502. The zero-order chi connectivity index (χ0) is 22.9. The zero-order valence-electron chi connectivity index (χ0n) is 18.0. The highest BCUT2D eigenvalue weighted by atomic mass is 35.5. The molecule has 0 N–H and O–H groups in total. The van der Waals surface area contributed by atoms with E-state index in [0.717, 1.165) is 10.1 Å². The Morgan fingerprint density at radius 2 is 1.81 bits per heavy atom. The molecular weight excluding hydrogens is 426 g/mol. The highest BCUT2D eigenvalue weighted by Crippen LogP contribution is 2.28. The first-order chi connectivity index (χ1) is 14.7. The Balaban J connectivity index is 1.93. The van der Waals surface area contributed by atoms with E-state index in [2.05, 4.69) is 4.98 Å². The normalized spacial score (nSPS) is 11.0. The van der Waals surface area contributed by atoms with Crippen molar-refractivity contribution in [2.45, 2.75) is 20.0 Å². The van der Waals surface area contributed by atoms with Crippen LogP contribution in [0, 0.1) is 0 Å². The van der Waals surface area contributed by atoms with Crippen molar-refractivity contribution in [3.63, 3.8) is 0 Å². The number of nitrogens with zero attached hydrogens (tertiary/aromatic N) is 5. The van der Waals surface area contributed by atoms with Gasteiger partial charge in [-0.1, -0.05) is 6.07 Å². The van der Waals surface area contributed by atoms with E-state index in [9.17, 15) is 14.4 Å². The summed E-state index contributed by atoms with van der Waals surface area (Å²) in [6, 6.07) is 5.43. The lowest BCUT2D eigenvalue weighted by Crippen LogP contribution is -2.38. The number of methoxy groups -OCH3 is 2. The van der Waals surface area contributed by atoms with Gasteiger partial charge in [-0.05, 0) is 36.2 Å². The van der Waals surface area contributed by atoms with Crippen LogP contribution in [0.2, 0.25) is 5.28 Å². The van der Waals surface area contributed by atoms with Crippen LogP contribution in [0.5, 0.6) is 11.5 Å². The van der Waals surface area contributed by atoms with Gasteiger partial charge in [-0.3, -0.25) is 23.3 Å². The van der Waals surface area contributed by atoms with Crippen LogP contribution in [0.1, 0.15) is 12.5 Å². The molecule has 0 fully saturated rings. The number of aryl methyl sites for hydroxylation is 1. The maximum atomic E-state index is 13.1. The minimum Gasteiger partial charge on any atom is -0.493 e. The van der Waals surface area contributed by atoms with Gasteiger partial charge >= 0.3 is 5.69 Å². The van der Waals surface area contributed by atoms with E-state index in [1.54, 1.807) is 31.3 Å². The molecule has 1 aromatic carbocycles. The molecule has 0 spiro atoms. The van der Waals surface area contributed by atoms with E-state index in [4.69, 9.17) is 21.1 Å². The van der Waals surface area contributed by atoms with Crippen molar-refractivity contribution in [3.05, 3.63) is 49.9 Å². The number of amides is 1. The Labute approximate surface area is 183 Å². The predicted molar refractivity (Wildman–Crippen MR) is 116 cm³/mol. The average molecular weight is 450 g/mol. The van der Waals surface area contributed by atoms with Gasteiger partial charge in [0.1, 0.15) is 6.54 Å². The summed E-state index contributed by atoms with van der Waals surface area (Å²) < 4.78 is 14.1. The molecule has 10 nitrogen and oxygen atoms in total. The maximum absolute atomic E-state index is 13.1. The van der Waals surface area contributed by atoms with E-state index in [0.29, 0.717) is 24.6 Å². The summed E-state index contributed by atoms with van der Waals surface area (Å²) in [5.41, 5.74) is 0.00808. The standard InChI is InChI=1S/C20H24ClN5O5/c1-6-25(10-12-7-8-13(30-4)14(9-12)31-5)15(27)11-26-16-17(22-19(26)21)23(2)20(29)24(3)18(16)28/h7-9H,6,10-11H2,1-5H3. The minimum atomic E-state index is -0.562. The fourth-order valence-electron chi connectivity index (χ4n) is 3.38. The number of carbonyl (C=O) groups is 1. The van der Waals surface area contributed by atoms with E-state index < -0.39 is 11.2 Å². The van der Waals surface area contributed by atoms with Crippen LogP contribution in [0.4, 0.5) is 0 Å². The van der Waals surface area contributed by atoms with Crippen molar-refractivity contribution in [1.82, 2.24) is 23.6 Å². The van der Waals surface area contributed by atoms with Gasteiger partial charge in [0.05, 0.1) is 14.2 Å². The molecule has 0 unspecified atom stereocenters. The summed E-state index contributed by atoms with van der Waals surface area (Å²) in [5.74, 6) is 0.907. The Kier molecular flexibility index (Phi) is 6.40. The van der Waals surface area contributed by atoms with Crippen molar-refractivity contribution in [1.29, 1.82) is 0 Å². The van der Waals surface area contributed by atoms with E-state index in [1.165, 1.54) is 23.2 Å². The third-order valence-corrected chi connectivity index (χ3v) is 5.44. The van der Waals surface area contributed by atoms with Crippen LogP contribution in [-0.2, 0) is 32.0 Å². The summed E-state index contributed by atoms with van der Waals surface area (Å²) in [4.78, 5) is 43.6. The Morgan fingerprint density at radius 1 is 1.13 bits per heavy atom. The molecule has 0 aliphatic heterocycles. The van der Waals surface area contributed by atoms with Crippen LogP contribution in [-0.4, -0.2) is 50.3 Å². The van der Waals surface area contributed by atoms with Crippen molar-refractivity contribution in [2.75, 3.05) is 20.8 Å². The molecule has 31 heavy (non-hydrogen) atoms. The topological polar surface area (TPSA) is 101 Å². The van der Waals surface area contributed by atoms with Gasteiger partial charge in [-0.15, -0.1) is 0 Å². The Bertz CT molecular complexity index is 1260. The lowest BCUT2D eigenvalue weighted by atomic mass is 10.2. The van der Waals surface area contributed by atoms with E-state index >= 15 is 0 Å². The fraction of sp³-hybridized carbons (Fsp3) is 0.400. The summed E-state index contributed by atoms with van der Waals surface area (Å²) in [7, 11) is 5.96. The molecule has 11 heteroatoms. The van der Waals surface area contributed by atoms with Gasteiger partial charge in [0.25, 0.3) is 5.56 Å². The SMILES string of the molecule is CCN(Cc1ccc(OC)c(OC)c1)C(=O)Cn1c(Cl)nc2c1c(=O)n(C)c(=O)n2C. The molecule has 0 atom stereocenters. The van der Waals surface area contributed by atoms with Gasteiger partial charge in [-0.25, -0.2) is 4.79 Å². The molecule has 166 valence electrons. The number of ether oxygens (including phenoxy) is 2. The number of hydrogen-bond acceptors (Lipinski definition) is 6. The number of hydrogen-bond donors (Lipinski definition) is 0. The van der Waals surface area contributed by atoms with Crippen molar-refractivity contribution in [3.8, 4) is 11.5 Å². The maximum Gasteiger partial charge on any atom is 0.332 e. The summed E-state index contributed by atoms with van der Waals surface area (Å²) in [6.07, 6.45) is 0. The summed E-state index contributed by atoms with van der Waals surface area (Å²) in [6.45, 7) is 2.43. The molecule has 0 saturated heterocycles.